The van der Waals surface area contributed by atoms with E-state index in [4.69, 9.17) is 0 Å². The van der Waals surface area contributed by atoms with E-state index in [1.165, 1.54) is 6.33 Å². The van der Waals surface area contributed by atoms with Crippen molar-refractivity contribution in [3.05, 3.63) is 75.8 Å². The van der Waals surface area contributed by atoms with Crippen LogP contribution in [0.4, 0.5) is 0 Å². The maximum Gasteiger partial charge on any atom is 0.252 e. The number of carbonyl (C=O) groups excluding carboxylic acids is 1. The average Bonchev–Trinajstić information content (AvgIpc) is 3.38. The summed E-state index contributed by atoms with van der Waals surface area (Å²) < 4.78 is 1.71. The Balaban J connectivity index is 1.50. The van der Waals surface area contributed by atoms with Crippen molar-refractivity contribution in [2.24, 2.45) is 0 Å². The summed E-state index contributed by atoms with van der Waals surface area (Å²) in [6, 6.07) is 7.72. The molecule has 0 aromatic carbocycles. The van der Waals surface area contributed by atoms with E-state index in [1.807, 2.05) is 43.5 Å². The molecule has 4 aromatic rings. The second-order valence-corrected chi connectivity index (χ2v) is 7.51. The molecule has 4 heterocycles. The number of pyridine rings is 1. The van der Waals surface area contributed by atoms with Crippen LogP contribution < -0.4 is 5.32 Å². The Kier molecular flexibility index (Phi) is 5.12. The molecule has 1 amide bonds. The van der Waals surface area contributed by atoms with Crippen molar-refractivity contribution in [3.8, 4) is 0 Å². The molecule has 4 aromatic heterocycles. The summed E-state index contributed by atoms with van der Waals surface area (Å²) >= 11 is 1.63. The Morgan fingerprint density at radius 3 is 2.82 bits per heavy atom. The minimum atomic E-state index is -0.173. The van der Waals surface area contributed by atoms with E-state index in [0.29, 0.717) is 18.6 Å². The molecule has 1 atom stereocenters. The lowest BCUT2D eigenvalue weighted by molar-refractivity contribution is -0.121. The van der Waals surface area contributed by atoms with Crippen molar-refractivity contribution in [1.82, 2.24) is 29.9 Å². The summed E-state index contributed by atoms with van der Waals surface area (Å²) in [7, 11) is 0. The van der Waals surface area contributed by atoms with Crippen LogP contribution in [0.2, 0.25) is 0 Å². The zero-order valence-electron chi connectivity index (χ0n) is 15.7. The van der Waals surface area contributed by atoms with Crippen molar-refractivity contribution in [3.63, 3.8) is 0 Å². The predicted molar refractivity (Wildman–Crippen MR) is 107 cm³/mol. The van der Waals surface area contributed by atoms with E-state index >= 15 is 0 Å². The number of aromatic nitrogens is 5. The van der Waals surface area contributed by atoms with Crippen LogP contribution in [-0.4, -0.2) is 30.5 Å². The Labute approximate surface area is 166 Å². The van der Waals surface area contributed by atoms with Gasteiger partial charge in [0.25, 0.3) is 5.78 Å². The third kappa shape index (κ3) is 3.63. The van der Waals surface area contributed by atoms with Crippen LogP contribution in [0.25, 0.3) is 5.78 Å². The van der Waals surface area contributed by atoms with Gasteiger partial charge in [0.15, 0.2) is 0 Å². The zero-order chi connectivity index (χ0) is 19.5. The highest BCUT2D eigenvalue weighted by Crippen LogP contribution is 2.26. The highest BCUT2D eigenvalue weighted by molar-refractivity contribution is 7.10. The minimum Gasteiger partial charge on any atom is -0.344 e. The molecule has 8 heteroatoms. The first-order valence-electron chi connectivity index (χ1n) is 9.02. The van der Waals surface area contributed by atoms with Gasteiger partial charge in [0.05, 0.1) is 6.04 Å². The minimum absolute atomic E-state index is 0.00676. The molecule has 1 N–H and O–H groups in total. The highest BCUT2D eigenvalue weighted by Gasteiger charge is 2.19. The standard InChI is InChI=1S/C20H20N6OS/c1-13-16(14(2)26-20(24-13)22-12-23-26)5-6-18(27)25-19(17-4-3-11-28-17)15-7-9-21-10-8-15/h3-4,7-12,19H,5-6H2,1-2H3,(H,25,27). The molecule has 0 bridgehead atoms. The molecule has 28 heavy (non-hydrogen) atoms. The molecule has 0 spiro atoms. The van der Waals surface area contributed by atoms with Crippen molar-refractivity contribution in [2.45, 2.75) is 32.7 Å². The molecule has 0 aliphatic carbocycles. The van der Waals surface area contributed by atoms with Crippen molar-refractivity contribution >= 4 is 23.0 Å². The second-order valence-electron chi connectivity index (χ2n) is 6.53. The van der Waals surface area contributed by atoms with Gasteiger partial charge in [-0.1, -0.05) is 6.07 Å². The normalized spacial score (nSPS) is 12.2. The molecule has 0 saturated heterocycles. The third-order valence-corrected chi connectivity index (χ3v) is 5.70. The molecular weight excluding hydrogens is 372 g/mol. The van der Waals surface area contributed by atoms with Gasteiger partial charge in [-0.15, -0.1) is 11.3 Å². The van der Waals surface area contributed by atoms with Gasteiger partial charge >= 0.3 is 0 Å². The lowest BCUT2D eigenvalue weighted by atomic mass is 10.0. The fraction of sp³-hybridized carbons (Fsp3) is 0.250. The van der Waals surface area contributed by atoms with Gasteiger partial charge in [-0.2, -0.15) is 10.1 Å². The van der Waals surface area contributed by atoms with Crippen LogP contribution in [-0.2, 0) is 11.2 Å². The van der Waals surface area contributed by atoms with E-state index in [2.05, 4.69) is 25.4 Å². The molecule has 0 radical (unpaired) electrons. The van der Waals surface area contributed by atoms with E-state index in [9.17, 15) is 4.79 Å². The highest BCUT2D eigenvalue weighted by atomic mass is 32.1. The predicted octanol–water partition coefficient (Wildman–Crippen LogP) is 3.04. The van der Waals surface area contributed by atoms with Crippen molar-refractivity contribution in [2.75, 3.05) is 0 Å². The van der Waals surface area contributed by atoms with Gasteiger partial charge in [-0.3, -0.25) is 9.78 Å². The largest absolute Gasteiger partial charge is 0.344 e. The van der Waals surface area contributed by atoms with Gasteiger partial charge in [0.2, 0.25) is 5.91 Å². The van der Waals surface area contributed by atoms with Crippen LogP contribution in [0.3, 0.4) is 0 Å². The van der Waals surface area contributed by atoms with Crippen LogP contribution in [0.5, 0.6) is 0 Å². The fourth-order valence-electron chi connectivity index (χ4n) is 3.32. The molecule has 4 rings (SSSR count). The third-order valence-electron chi connectivity index (χ3n) is 4.76. The summed E-state index contributed by atoms with van der Waals surface area (Å²) in [5, 5.41) is 9.39. The number of nitrogens with one attached hydrogen (secondary N) is 1. The molecule has 0 saturated carbocycles. The lowest BCUT2D eigenvalue weighted by Crippen LogP contribution is -2.29. The van der Waals surface area contributed by atoms with Gasteiger partial charge < -0.3 is 5.32 Å². The maximum absolute atomic E-state index is 12.8. The lowest BCUT2D eigenvalue weighted by Gasteiger charge is -2.18. The van der Waals surface area contributed by atoms with Crippen LogP contribution in [0.15, 0.2) is 48.4 Å². The zero-order valence-corrected chi connectivity index (χ0v) is 16.5. The number of nitrogens with zero attached hydrogens (tertiary/aromatic N) is 5. The van der Waals surface area contributed by atoms with Crippen molar-refractivity contribution in [1.29, 1.82) is 0 Å². The van der Waals surface area contributed by atoms with E-state index in [1.54, 1.807) is 28.2 Å². The number of fused-ring (bicyclic) bond motifs is 1. The first kappa shape index (κ1) is 18.2. The van der Waals surface area contributed by atoms with E-state index in [-0.39, 0.29) is 11.9 Å². The Bertz CT molecular complexity index is 1090. The summed E-state index contributed by atoms with van der Waals surface area (Å²) in [5.74, 6) is 0.575. The smallest absolute Gasteiger partial charge is 0.252 e. The number of rotatable bonds is 6. The Hall–Kier alpha value is -3.13. The summed E-state index contributed by atoms with van der Waals surface area (Å²) in [5.41, 5.74) is 3.90. The summed E-state index contributed by atoms with van der Waals surface area (Å²) in [6.07, 6.45) is 5.95. The molecular formula is C20H20N6OS. The van der Waals surface area contributed by atoms with E-state index < -0.39 is 0 Å². The quantitative estimate of drug-likeness (QED) is 0.545. The molecule has 1 unspecified atom stereocenters. The van der Waals surface area contributed by atoms with Crippen molar-refractivity contribution < 1.29 is 4.79 Å². The Morgan fingerprint density at radius 1 is 1.25 bits per heavy atom. The number of amides is 1. The maximum atomic E-state index is 12.8. The monoisotopic (exact) mass is 392 g/mol. The number of hydrogen-bond donors (Lipinski definition) is 1. The molecule has 0 aliphatic rings. The van der Waals surface area contributed by atoms with E-state index in [0.717, 1.165) is 27.4 Å². The van der Waals surface area contributed by atoms with Crippen LogP contribution >= 0.6 is 11.3 Å². The van der Waals surface area contributed by atoms with Crippen LogP contribution in [0, 0.1) is 13.8 Å². The fourth-order valence-corrected chi connectivity index (χ4v) is 4.12. The van der Waals surface area contributed by atoms with Crippen LogP contribution in [0.1, 0.15) is 39.9 Å². The molecule has 142 valence electrons. The average molecular weight is 392 g/mol. The second kappa shape index (κ2) is 7.85. The number of carbonyl (C=O) groups is 1. The first-order valence-corrected chi connectivity index (χ1v) is 9.90. The van der Waals surface area contributed by atoms with Gasteiger partial charge in [0.1, 0.15) is 6.33 Å². The number of aryl methyl sites for hydroxylation is 2. The van der Waals surface area contributed by atoms with Gasteiger partial charge in [-0.05, 0) is 55.0 Å². The SMILES string of the molecule is Cc1nc2ncnn2c(C)c1CCC(=O)NC(c1ccncc1)c1cccs1. The molecule has 0 fully saturated rings. The first-order chi connectivity index (χ1) is 13.6. The Morgan fingerprint density at radius 2 is 2.07 bits per heavy atom. The topological polar surface area (TPSA) is 85.1 Å². The number of hydrogen-bond acceptors (Lipinski definition) is 6. The molecule has 7 nitrogen and oxygen atoms in total. The number of thiophene rings is 1. The molecule has 0 aliphatic heterocycles. The summed E-state index contributed by atoms with van der Waals surface area (Å²) in [6.45, 7) is 3.93. The van der Waals surface area contributed by atoms with Gasteiger partial charge in [-0.25, -0.2) is 9.50 Å². The van der Waals surface area contributed by atoms with Gasteiger partial charge in [0, 0.05) is 35.1 Å². The summed E-state index contributed by atoms with van der Waals surface area (Å²) in [4.78, 5) is 26.5.